The van der Waals surface area contributed by atoms with Gasteiger partial charge in [-0.3, -0.25) is 4.98 Å². The van der Waals surface area contributed by atoms with E-state index in [1.54, 1.807) is 17.8 Å². The van der Waals surface area contributed by atoms with Gasteiger partial charge in [-0.2, -0.15) is 0 Å². The van der Waals surface area contributed by atoms with Gasteiger partial charge in [-0.15, -0.1) is 21.5 Å². The van der Waals surface area contributed by atoms with Crippen molar-refractivity contribution < 1.29 is 18.4 Å². The van der Waals surface area contributed by atoms with Crippen LogP contribution in [0.2, 0.25) is 0 Å². The first-order valence-electron chi connectivity index (χ1n) is 7.72. The minimum atomic E-state index is -0.800. The minimum absolute atomic E-state index is 0.200. The van der Waals surface area contributed by atoms with E-state index in [1.165, 1.54) is 37.0 Å². The number of fused-ring (bicyclic) bond motifs is 1. The third kappa shape index (κ3) is 3.60. The van der Waals surface area contributed by atoms with Gasteiger partial charge in [0.15, 0.2) is 0 Å². The second-order valence-electron chi connectivity index (χ2n) is 5.30. The van der Waals surface area contributed by atoms with Crippen molar-refractivity contribution >= 4 is 27.8 Å². The van der Waals surface area contributed by atoms with E-state index < -0.39 is 11.9 Å². The van der Waals surface area contributed by atoms with Gasteiger partial charge < -0.3 is 14.0 Å². The molecule has 0 bridgehead atoms. The molecule has 1 unspecified atom stereocenters. The van der Waals surface area contributed by atoms with Gasteiger partial charge in [0.2, 0.25) is 12.5 Å². The lowest BCUT2D eigenvalue weighted by molar-refractivity contribution is 0.203. The average molecular weight is 385 g/mol. The first-order valence-corrected chi connectivity index (χ1v) is 8.60. The molecule has 0 aliphatic rings. The standard InChI is InChI=1S/C17H12FN5O3S/c1-24-22-6-10-4-12(5-14-15(10)20-9-27-14)26-16(17-23-21-8-25-17)13-3-2-11(18)7-19-13/h2-9,16H,1H3/b22-6+. The maximum Gasteiger partial charge on any atom is 0.263 e. The van der Waals surface area contributed by atoms with Crippen molar-refractivity contribution in [3.8, 4) is 5.75 Å². The van der Waals surface area contributed by atoms with Gasteiger partial charge in [0.25, 0.3) is 5.89 Å². The Kier molecular flexibility index (Phi) is 4.71. The second-order valence-corrected chi connectivity index (χ2v) is 6.19. The number of aromatic nitrogens is 4. The highest BCUT2D eigenvalue weighted by molar-refractivity contribution is 7.16. The molecular formula is C17H12FN5O3S. The summed E-state index contributed by atoms with van der Waals surface area (Å²) in [4.78, 5) is 13.2. The molecule has 0 N–H and O–H groups in total. The third-order valence-corrected chi connectivity index (χ3v) is 4.39. The highest BCUT2D eigenvalue weighted by Gasteiger charge is 2.24. The zero-order chi connectivity index (χ0) is 18.6. The Bertz CT molecular complexity index is 1070. The Hall–Kier alpha value is -3.40. The maximum atomic E-state index is 13.2. The van der Waals surface area contributed by atoms with E-state index in [0.717, 1.165) is 22.0 Å². The van der Waals surface area contributed by atoms with Crippen LogP contribution in [0.5, 0.6) is 5.75 Å². The molecule has 0 aliphatic heterocycles. The Morgan fingerprint density at radius 2 is 2.22 bits per heavy atom. The van der Waals surface area contributed by atoms with E-state index in [-0.39, 0.29) is 5.89 Å². The lowest BCUT2D eigenvalue weighted by Crippen LogP contribution is -2.12. The van der Waals surface area contributed by atoms with Crippen molar-refractivity contribution in [2.24, 2.45) is 5.16 Å². The average Bonchev–Trinajstić information content (AvgIpc) is 3.37. The molecule has 0 radical (unpaired) electrons. The van der Waals surface area contributed by atoms with Crippen molar-refractivity contribution in [2.75, 3.05) is 7.11 Å². The summed E-state index contributed by atoms with van der Waals surface area (Å²) >= 11 is 1.46. The Morgan fingerprint density at radius 1 is 1.30 bits per heavy atom. The fraction of sp³-hybridized carbons (Fsp3) is 0.118. The van der Waals surface area contributed by atoms with E-state index in [2.05, 4.69) is 25.3 Å². The number of thiazole rings is 1. The van der Waals surface area contributed by atoms with Gasteiger partial charge in [0.05, 0.1) is 33.8 Å². The molecular weight excluding hydrogens is 373 g/mol. The molecule has 1 aromatic carbocycles. The molecule has 3 aromatic heterocycles. The van der Waals surface area contributed by atoms with E-state index in [9.17, 15) is 4.39 Å². The van der Waals surface area contributed by atoms with Crippen molar-refractivity contribution in [3.05, 3.63) is 65.3 Å². The number of hydrogen-bond donors (Lipinski definition) is 0. The predicted molar refractivity (Wildman–Crippen MR) is 95.2 cm³/mol. The SMILES string of the molecule is CO/N=C/c1cc(OC(c2ccc(F)cn2)c2nnco2)cc2scnc12. The molecule has 0 saturated heterocycles. The van der Waals surface area contributed by atoms with Gasteiger partial charge in [0.1, 0.15) is 18.7 Å². The highest BCUT2D eigenvalue weighted by Crippen LogP contribution is 2.31. The number of hydrogen-bond acceptors (Lipinski definition) is 9. The molecule has 0 saturated carbocycles. The molecule has 0 aliphatic carbocycles. The lowest BCUT2D eigenvalue weighted by Gasteiger charge is -2.16. The van der Waals surface area contributed by atoms with Crippen molar-refractivity contribution in [1.29, 1.82) is 0 Å². The summed E-state index contributed by atoms with van der Waals surface area (Å²) in [5, 5.41) is 11.4. The summed E-state index contributed by atoms with van der Waals surface area (Å²) in [6.07, 6.45) is 3.04. The number of benzene rings is 1. The molecule has 10 heteroatoms. The van der Waals surface area contributed by atoms with E-state index in [1.807, 2.05) is 6.07 Å². The molecule has 0 spiro atoms. The van der Waals surface area contributed by atoms with Crippen LogP contribution in [0.3, 0.4) is 0 Å². The third-order valence-electron chi connectivity index (χ3n) is 3.61. The summed E-state index contributed by atoms with van der Waals surface area (Å²) in [7, 11) is 1.46. The molecule has 0 fully saturated rings. The van der Waals surface area contributed by atoms with Crippen molar-refractivity contribution in [3.63, 3.8) is 0 Å². The molecule has 8 nitrogen and oxygen atoms in total. The van der Waals surface area contributed by atoms with E-state index in [4.69, 9.17) is 14.0 Å². The summed E-state index contributed by atoms with van der Waals surface area (Å²) in [6, 6.07) is 6.39. The molecule has 1 atom stereocenters. The summed E-state index contributed by atoms with van der Waals surface area (Å²) < 4.78 is 25.5. The molecule has 27 heavy (non-hydrogen) atoms. The fourth-order valence-corrected chi connectivity index (χ4v) is 3.19. The molecule has 136 valence electrons. The van der Waals surface area contributed by atoms with Crippen LogP contribution >= 0.6 is 11.3 Å². The van der Waals surface area contributed by atoms with Crippen LogP contribution in [0.4, 0.5) is 4.39 Å². The summed E-state index contributed by atoms with van der Waals surface area (Å²) in [6.45, 7) is 0. The molecule has 4 aromatic rings. The Balaban J connectivity index is 1.75. The van der Waals surface area contributed by atoms with Crippen LogP contribution in [-0.4, -0.2) is 33.5 Å². The van der Waals surface area contributed by atoms with Crippen molar-refractivity contribution in [2.45, 2.75) is 6.10 Å². The maximum absolute atomic E-state index is 13.2. The quantitative estimate of drug-likeness (QED) is 0.371. The zero-order valence-corrected chi connectivity index (χ0v) is 14.8. The van der Waals surface area contributed by atoms with Gasteiger partial charge in [-0.05, 0) is 24.3 Å². The number of ether oxygens (including phenoxy) is 1. The van der Waals surface area contributed by atoms with Gasteiger partial charge in [-0.1, -0.05) is 5.16 Å². The zero-order valence-electron chi connectivity index (χ0n) is 13.9. The molecule has 3 heterocycles. The van der Waals surface area contributed by atoms with E-state index in [0.29, 0.717) is 11.4 Å². The fourth-order valence-electron chi connectivity index (χ4n) is 2.45. The largest absolute Gasteiger partial charge is 0.474 e. The van der Waals surface area contributed by atoms with Crippen molar-refractivity contribution in [1.82, 2.24) is 20.2 Å². The monoisotopic (exact) mass is 385 g/mol. The van der Waals surface area contributed by atoms with Gasteiger partial charge in [0, 0.05) is 5.56 Å². The van der Waals surface area contributed by atoms with Crippen LogP contribution in [0, 0.1) is 5.82 Å². The summed E-state index contributed by atoms with van der Waals surface area (Å²) in [5.74, 6) is 0.261. The van der Waals surface area contributed by atoms with Crippen LogP contribution in [0.15, 0.2) is 51.9 Å². The molecule has 0 amide bonds. The highest BCUT2D eigenvalue weighted by atomic mass is 32.1. The number of oxime groups is 1. The van der Waals surface area contributed by atoms with Crippen LogP contribution in [0.25, 0.3) is 10.2 Å². The van der Waals surface area contributed by atoms with Crippen LogP contribution in [0.1, 0.15) is 23.3 Å². The minimum Gasteiger partial charge on any atom is -0.474 e. The number of halogens is 1. The Labute approximate surface area is 156 Å². The molecule has 4 rings (SSSR count). The normalized spacial score (nSPS) is 12.5. The lowest BCUT2D eigenvalue weighted by atomic mass is 10.2. The first kappa shape index (κ1) is 17.0. The van der Waals surface area contributed by atoms with Crippen LogP contribution < -0.4 is 4.74 Å². The Morgan fingerprint density at radius 3 is 2.96 bits per heavy atom. The smallest absolute Gasteiger partial charge is 0.263 e. The van der Waals surface area contributed by atoms with E-state index >= 15 is 0 Å². The number of pyridine rings is 1. The second kappa shape index (κ2) is 7.46. The van der Waals surface area contributed by atoms with Gasteiger partial charge >= 0.3 is 0 Å². The topological polar surface area (TPSA) is 95.5 Å². The predicted octanol–water partition coefficient (Wildman–Crippen LogP) is 3.36. The van der Waals surface area contributed by atoms with Crippen LogP contribution in [-0.2, 0) is 4.84 Å². The number of rotatable bonds is 6. The first-order chi connectivity index (χ1) is 13.2. The van der Waals surface area contributed by atoms with Gasteiger partial charge in [-0.25, -0.2) is 9.37 Å². The summed E-state index contributed by atoms with van der Waals surface area (Å²) in [5.41, 5.74) is 3.66. The number of nitrogens with zero attached hydrogens (tertiary/aromatic N) is 5.